The Morgan fingerprint density at radius 3 is 2.27 bits per heavy atom. The summed E-state index contributed by atoms with van der Waals surface area (Å²) in [5.74, 6) is 0. The molecule has 0 aliphatic heterocycles. The second kappa shape index (κ2) is 4.85. The summed E-state index contributed by atoms with van der Waals surface area (Å²) >= 11 is 0. The van der Waals surface area contributed by atoms with Gasteiger partial charge < -0.3 is 0 Å². The molecular formula is C12H17N3. The Morgan fingerprint density at radius 1 is 1.20 bits per heavy atom. The molecule has 0 heterocycles. The first-order valence-corrected chi connectivity index (χ1v) is 5.15. The molecule has 0 saturated carbocycles. The molecule has 3 heteroatoms. The molecule has 0 spiro atoms. The Kier molecular flexibility index (Phi) is 3.75. The molecule has 0 saturated heterocycles. The second-order valence-electron chi connectivity index (χ2n) is 4.92. The van der Waals surface area contributed by atoms with Crippen LogP contribution in [0, 0.1) is 5.41 Å². The highest BCUT2D eigenvalue weighted by atomic mass is 15.1. The van der Waals surface area contributed by atoms with Crippen LogP contribution in [0.1, 0.15) is 32.8 Å². The molecule has 1 aromatic carbocycles. The molecule has 15 heavy (non-hydrogen) atoms. The number of rotatable bonds is 3. The van der Waals surface area contributed by atoms with Gasteiger partial charge in [0, 0.05) is 10.6 Å². The van der Waals surface area contributed by atoms with E-state index in [2.05, 4.69) is 30.8 Å². The van der Waals surface area contributed by atoms with Gasteiger partial charge in [0.2, 0.25) is 0 Å². The fourth-order valence-electron chi connectivity index (χ4n) is 1.30. The van der Waals surface area contributed by atoms with Crippen LogP contribution in [0.4, 0.5) is 5.69 Å². The maximum Gasteiger partial charge on any atom is 0.0375 e. The number of hydrogen-bond acceptors (Lipinski definition) is 1. The minimum Gasteiger partial charge on any atom is -0.0608 e. The van der Waals surface area contributed by atoms with E-state index in [0.717, 1.165) is 12.8 Å². The van der Waals surface area contributed by atoms with Crippen molar-refractivity contribution in [1.82, 2.24) is 0 Å². The zero-order valence-corrected chi connectivity index (χ0v) is 9.57. The van der Waals surface area contributed by atoms with E-state index in [4.69, 9.17) is 5.53 Å². The van der Waals surface area contributed by atoms with Crippen molar-refractivity contribution in [3.05, 3.63) is 40.3 Å². The maximum atomic E-state index is 8.26. The highest BCUT2D eigenvalue weighted by Gasteiger charge is 2.09. The molecule has 80 valence electrons. The third kappa shape index (κ3) is 4.52. The Labute approximate surface area is 90.8 Å². The lowest BCUT2D eigenvalue weighted by Gasteiger charge is -2.17. The van der Waals surface area contributed by atoms with Crippen molar-refractivity contribution in [2.45, 2.75) is 33.6 Å². The number of aryl methyl sites for hydroxylation is 1. The van der Waals surface area contributed by atoms with Crippen molar-refractivity contribution >= 4 is 5.69 Å². The van der Waals surface area contributed by atoms with Gasteiger partial charge in [-0.3, -0.25) is 0 Å². The Balaban J connectivity index is 2.61. The summed E-state index contributed by atoms with van der Waals surface area (Å²) in [7, 11) is 0. The van der Waals surface area contributed by atoms with Gasteiger partial charge in [0.25, 0.3) is 0 Å². The maximum absolute atomic E-state index is 8.26. The summed E-state index contributed by atoms with van der Waals surface area (Å²) in [4.78, 5) is 2.75. The lowest BCUT2D eigenvalue weighted by molar-refractivity contribution is 0.378. The van der Waals surface area contributed by atoms with E-state index in [1.807, 2.05) is 24.3 Å². The lowest BCUT2D eigenvalue weighted by Crippen LogP contribution is -2.06. The average Bonchev–Trinajstić information content (AvgIpc) is 2.16. The molecule has 0 fully saturated rings. The SMILES string of the molecule is CC(C)(C)CCc1ccc(N=[N+]=[N-])cc1. The summed E-state index contributed by atoms with van der Waals surface area (Å²) in [6.07, 6.45) is 2.23. The minimum atomic E-state index is 0.365. The van der Waals surface area contributed by atoms with Gasteiger partial charge >= 0.3 is 0 Å². The summed E-state index contributed by atoms with van der Waals surface area (Å²) in [5.41, 5.74) is 10.6. The third-order valence-electron chi connectivity index (χ3n) is 2.26. The topological polar surface area (TPSA) is 48.8 Å². The summed E-state index contributed by atoms with van der Waals surface area (Å²) < 4.78 is 0. The van der Waals surface area contributed by atoms with Gasteiger partial charge in [-0.25, -0.2) is 0 Å². The normalized spacial score (nSPS) is 10.9. The van der Waals surface area contributed by atoms with E-state index in [9.17, 15) is 0 Å². The smallest absolute Gasteiger partial charge is 0.0375 e. The molecule has 0 aliphatic carbocycles. The van der Waals surface area contributed by atoms with Crippen molar-refractivity contribution in [1.29, 1.82) is 0 Å². The number of hydrogen-bond donors (Lipinski definition) is 0. The fraction of sp³-hybridized carbons (Fsp3) is 0.500. The van der Waals surface area contributed by atoms with Crippen LogP contribution in [-0.2, 0) is 6.42 Å². The van der Waals surface area contributed by atoms with E-state index in [-0.39, 0.29) is 0 Å². The van der Waals surface area contributed by atoms with Crippen molar-refractivity contribution in [3.8, 4) is 0 Å². The van der Waals surface area contributed by atoms with Crippen LogP contribution in [0.2, 0.25) is 0 Å². The van der Waals surface area contributed by atoms with E-state index < -0.39 is 0 Å². The highest BCUT2D eigenvalue weighted by Crippen LogP contribution is 2.22. The third-order valence-corrected chi connectivity index (χ3v) is 2.26. The Bertz CT molecular complexity index is 353. The van der Waals surface area contributed by atoms with Gasteiger partial charge in [-0.05, 0) is 29.4 Å². The molecule has 0 unspecified atom stereocenters. The minimum absolute atomic E-state index is 0.365. The predicted octanol–water partition coefficient (Wildman–Crippen LogP) is 4.61. The quantitative estimate of drug-likeness (QED) is 0.391. The molecule has 0 bridgehead atoms. The predicted molar refractivity (Wildman–Crippen MR) is 63.0 cm³/mol. The van der Waals surface area contributed by atoms with Crippen LogP contribution in [0.5, 0.6) is 0 Å². The van der Waals surface area contributed by atoms with E-state index in [0.29, 0.717) is 11.1 Å². The Morgan fingerprint density at radius 2 is 1.80 bits per heavy atom. The Hall–Kier alpha value is -1.47. The molecule has 0 amide bonds. The van der Waals surface area contributed by atoms with Gasteiger partial charge in [-0.15, -0.1) is 0 Å². The molecule has 3 nitrogen and oxygen atoms in total. The first-order chi connectivity index (χ1) is 7.01. The number of nitrogens with zero attached hydrogens (tertiary/aromatic N) is 3. The van der Waals surface area contributed by atoms with Crippen LogP contribution in [-0.4, -0.2) is 0 Å². The van der Waals surface area contributed by atoms with Crippen molar-refractivity contribution in [2.24, 2.45) is 10.5 Å². The van der Waals surface area contributed by atoms with E-state index in [1.165, 1.54) is 5.56 Å². The highest BCUT2D eigenvalue weighted by molar-refractivity contribution is 5.38. The average molecular weight is 203 g/mol. The number of azide groups is 1. The van der Waals surface area contributed by atoms with Crippen molar-refractivity contribution in [3.63, 3.8) is 0 Å². The monoisotopic (exact) mass is 203 g/mol. The van der Waals surface area contributed by atoms with Crippen LogP contribution in [0.25, 0.3) is 10.4 Å². The van der Waals surface area contributed by atoms with E-state index in [1.54, 1.807) is 0 Å². The number of benzene rings is 1. The molecular weight excluding hydrogens is 186 g/mol. The molecule has 0 atom stereocenters. The summed E-state index contributed by atoms with van der Waals surface area (Å²) in [6, 6.07) is 7.76. The van der Waals surface area contributed by atoms with Crippen molar-refractivity contribution in [2.75, 3.05) is 0 Å². The van der Waals surface area contributed by atoms with E-state index >= 15 is 0 Å². The summed E-state index contributed by atoms with van der Waals surface area (Å²) in [5, 5.41) is 3.54. The van der Waals surface area contributed by atoms with Crippen LogP contribution in [0.15, 0.2) is 29.4 Å². The molecule has 0 aromatic heterocycles. The molecule has 1 aromatic rings. The molecule has 0 N–H and O–H groups in total. The zero-order chi connectivity index (χ0) is 11.3. The summed E-state index contributed by atoms with van der Waals surface area (Å²) in [6.45, 7) is 6.71. The van der Waals surface area contributed by atoms with Crippen LogP contribution in [0.3, 0.4) is 0 Å². The molecule has 0 aliphatic rings. The lowest BCUT2D eigenvalue weighted by atomic mass is 9.89. The van der Waals surface area contributed by atoms with Crippen LogP contribution < -0.4 is 0 Å². The molecule has 1 rings (SSSR count). The van der Waals surface area contributed by atoms with Gasteiger partial charge in [0.05, 0.1) is 0 Å². The van der Waals surface area contributed by atoms with Gasteiger partial charge in [-0.1, -0.05) is 50.2 Å². The largest absolute Gasteiger partial charge is 0.0608 e. The van der Waals surface area contributed by atoms with Gasteiger partial charge in [0.15, 0.2) is 0 Å². The first-order valence-electron chi connectivity index (χ1n) is 5.15. The zero-order valence-electron chi connectivity index (χ0n) is 9.57. The van der Waals surface area contributed by atoms with Gasteiger partial charge in [0.1, 0.15) is 0 Å². The van der Waals surface area contributed by atoms with Gasteiger partial charge in [-0.2, -0.15) is 0 Å². The molecule has 0 radical (unpaired) electrons. The standard InChI is InChI=1S/C12H17N3/c1-12(2,3)9-8-10-4-6-11(7-5-10)14-15-13/h4-7H,8-9H2,1-3H3. The fourth-order valence-corrected chi connectivity index (χ4v) is 1.30. The second-order valence-corrected chi connectivity index (χ2v) is 4.92. The first kappa shape index (κ1) is 11.6. The van der Waals surface area contributed by atoms with Crippen molar-refractivity contribution < 1.29 is 0 Å². The van der Waals surface area contributed by atoms with Crippen LogP contribution >= 0.6 is 0 Å².